The Balaban J connectivity index is 1.78. The Morgan fingerprint density at radius 2 is 1.52 bits per heavy atom. The number of nitrogens with one attached hydrogen (secondary N) is 1. The highest BCUT2D eigenvalue weighted by Gasteiger charge is 2.38. The number of para-hydroxylation sites is 2. The van der Waals surface area contributed by atoms with Crippen LogP contribution in [0.25, 0.3) is 0 Å². The summed E-state index contributed by atoms with van der Waals surface area (Å²) < 4.78 is 0. The maximum atomic E-state index is 12.8. The topological polar surface area (TPSA) is 69.7 Å². The van der Waals surface area contributed by atoms with Crippen LogP contribution < -0.4 is 10.2 Å². The van der Waals surface area contributed by atoms with Gasteiger partial charge in [-0.15, -0.1) is 0 Å². The molecule has 0 unspecified atom stereocenters. The maximum Gasteiger partial charge on any atom is 0.332 e. The quantitative estimate of drug-likeness (QED) is 0.742. The lowest BCUT2D eigenvalue weighted by Crippen LogP contribution is -2.39. The van der Waals surface area contributed by atoms with Gasteiger partial charge in [-0.3, -0.25) is 19.4 Å². The summed E-state index contributed by atoms with van der Waals surface area (Å²) in [6, 6.07) is 14.5. The van der Waals surface area contributed by atoms with Gasteiger partial charge in [-0.1, -0.05) is 64.1 Å². The van der Waals surface area contributed by atoms with Crippen molar-refractivity contribution in [3.63, 3.8) is 0 Å². The van der Waals surface area contributed by atoms with E-state index in [0.29, 0.717) is 5.69 Å². The zero-order chi connectivity index (χ0) is 21.1. The average Bonchev–Trinajstić information content (AvgIpc) is 2.96. The van der Waals surface area contributed by atoms with E-state index in [1.807, 2.05) is 24.3 Å². The molecule has 4 amide bonds. The molecule has 1 heterocycles. The van der Waals surface area contributed by atoms with Gasteiger partial charge in [-0.2, -0.15) is 0 Å². The van der Waals surface area contributed by atoms with E-state index in [2.05, 4.69) is 33.0 Å². The second-order valence-electron chi connectivity index (χ2n) is 7.85. The Morgan fingerprint density at radius 1 is 0.931 bits per heavy atom. The molecule has 1 N–H and O–H groups in total. The number of carbonyl (C=O) groups is 3. The predicted molar refractivity (Wildman–Crippen MR) is 114 cm³/mol. The molecule has 0 bridgehead atoms. The second-order valence-corrected chi connectivity index (χ2v) is 7.85. The van der Waals surface area contributed by atoms with Gasteiger partial charge >= 0.3 is 6.03 Å². The molecule has 1 fully saturated rings. The monoisotopic (exact) mass is 393 g/mol. The van der Waals surface area contributed by atoms with Crippen LogP contribution in [0.15, 0.2) is 48.5 Å². The number of hydrogen-bond donors (Lipinski definition) is 1. The Hall–Kier alpha value is -3.15. The smallest absolute Gasteiger partial charge is 0.324 e. The normalized spacial score (nSPS) is 14.3. The predicted octanol–water partition coefficient (Wildman–Crippen LogP) is 4.34. The van der Waals surface area contributed by atoms with Crippen molar-refractivity contribution in [3.8, 4) is 0 Å². The van der Waals surface area contributed by atoms with E-state index in [-0.39, 0.29) is 36.7 Å². The summed E-state index contributed by atoms with van der Waals surface area (Å²) in [7, 11) is 0. The minimum atomic E-state index is -0.474. The number of urea groups is 1. The number of benzene rings is 2. The number of anilines is 2. The molecule has 0 atom stereocenters. The average molecular weight is 393 g/mol. The standard InChI is InChI=1S/C23H27N3O3/c1-15(2)18-11-8-12-19(16(3)4)22(18)24-20(27)13-26-21(28)14-25(23(26)29)17-9-6-5-7-10-17/h5-12,15-16H,13-14H2,1-4H3,(H,24,27). The van der Waals surface area contributed by atoms with E-state index in [9.17, 15) is 14.4 Å². The molecule has 0 spiro atoms. The molecule has 152 valence electrons. The Kier molecular flexibility index (Phi) is 6.01. The summed E-state index contributed by atoms with van der Waals surface area (Å²) in [5.41, 5.74) is 3.49. The molecule has 1 aliphatic heterocycles. The molecule has 6 heteroatoms. The highest BCUT2D eigenvalue weighted by Crippen LogP contribution is 2.32. The van der Waals surface area contributed by atoms with Gasteiger partial charge in [0.25, 0.3) is 5.91 Å². The number of nitrogens with zero attached hydrogens (tertiary/aromatic N) is 2. The molecule has 3 rings (SSSR count). The van der Waals surface area contributed by atoms with Crippen molar-refractivity contribution in [2.45, 2.75) is 39.5 Å². The minimum absolute atomic E-state index is 0.0596. The Labute approximate surface area is 171 Å². The summed E-state index contributed by atoms with van der Waals surface area (Å²) in [4.78, 5) is 40.3. The van der Waals surface area contributed by atoms with E-state index >= 15 is 0 Å². The van der Waals surface area contributed by atoms with Crippen molar-refractivity contribution >= 4 is 29.2 Å². The first-order valence-electron chi connectivity index (χ1n) is 9.89. The van der Waals surface area contributed by atoms with Crippen LogP contribution in [0.5, 0.6) is 0 Å². The lowest BCUT2D eigenvalue weighted by Gasteiger charge is -2.21. The molecule has 29 heavy (non-hydrogen) atoms. The van der Waals surface area contributed by atoms with Crippen molar-refractivity contribution in [1.82, 2.24) is 4.90 Å². The summed E-state index contributed by atoms with van der Waals surface area (Å²) in [5, 5.41) is 2.96. The van der Waals surface area contributed by atoms with E-state index < -0.39 is 6.03 Å². The van der Waals surface area contributed by atoms with Gasteiger partial charge in [0.2, 0.25) is 5.91 Å². The molecular weight excluding hydrogens is 366 g/mol. The highest BCUT2D eigenvalue weighted by atomic mass is 16.2. The zero-order valence-corrected chi connectivity index (χ0v) is 17.3. The number of amides is 4. The molecule has 1 aliphatic rings. The van der Waals surface area contributed by atoms with Crippen molar-refractivity contribution in [1.29, 1.82) is 0 Å². The second kappa shape index (κ2) is 8.47. The maximum absolute atomic E-state index is 12.8. The molecule has 1 saturated heterocycles. The van der Waals surface area contributed by atoms with Gasteiger partial charge in [0.05, 0.1) is 0 Å². The fourth-order valence-corrected chi connectivity index (χ4v) is 3.52. The van der Waals surface area contributed by atoms with E-state index in [1.165, 1.54) is 4.90 Å². The molecule has 0 radical (unpaired) electrons. The third-order valence-electron chi connectivity index (χ3n) is 5.06. The van der Waals surface area contributed by atoms with E-state index in [4.69, 9.17) is 0 Å². The zero-order valence-electron chi connectivity index (χ0n) is 17.3. The molecule has 0 aromatic heterocycles. The van der Waals surface area contributed by atoms with Gasteiger partial charge in [0.1, 0.15) is 13.1 Å². The molecule has 2 aromatic carbocycles. The van der Waals surface area contributed by atoms with Gasteiger partial charge < -0.3 is 5.32 Å². The third-order valence-corrected chi connectivity index (χ3v) is 5.06. The Bertz CT molecular complexity index is 896. The largest absolute Gasteiger partial charge is 0.332 e. The van der Waals surface area contributed by atoms with Gasteiger partial charge in [-0.05, 0) is 35.1 Å². The fraction of sp³-hybridized carbons (Fsp3) is 0.348. The fourth-order valence-electron chi connectivity index (χ4n) is 3.52. The van der Waals surface area contributed by atoms with E-state index in [1.54, 1.807) is 24.3 Å². The highest BCUT2D eigenvalue weighted by molar-refractivity contribution is 6.14. The number of carbonyl (C=O) groups excluding carboxylic acids is 3. The molecule has 2 aromatic rings. The Morgan fingerprint density at radius 3 is 2.07 bits per heavy atom. The van der Waals surface area contributed by atoms with Gasteiger partial charge in [0, 0.05) is 11.4 Å². The molecule has 6 nitrogen and oxygen atoms in total. The lowest BCUT2D eigenvalue weighted by molar-refractivity contribution is -0.128. The van der Waals surface area contributed by atoms with E-state index in [0.717, 1.165) is 21.7 Å². The van der Waals surface area contributed by atoms with Crippen LogP contribution in [-0.4, -0.2) is 35.8 Å². The minimum Gasteiger partial charge on any atom is -0.324 e. The first-order chi connectivity index (χ1) is 13.8. The van der Waals surface area contributed by atoms with Crippen LogP contribution >= 0.6 is 0 Å². The summed E-state index contributed by atoms with van der Waals surface area (Å²) in [6.07, 6.45) is 0. The first kappa shape index (κ1) is 20.6. The summed E-state index contributed by atoms with van der Waals surface area (Å²) >= 11 is 0. The van der Waals surface area contributed by atoms with Crippen molar-refractivity contribution in [2.24, 2.45) is 0 Å². The van der Waals surface area contributed by atoms with Crippen LogP contribution in [0.4, 0.5) is 16.2 Å². The van der Waals surface area contributed by atoms with Crippen molar-refractivity contribution in [3.05, 3.63) is 59.7 Å². The van der Waals surface area contributed by atoms with Crippen LogP contribution in [-0.2, 0) is 9.59 Å². The summed E-state index contributed by atoms with van der Waals surface area (Å²) in [6.45, 7) is 7.92. The lowest BCUT2D eigenvalue weighted by atomic mass is 9.92. The number of imide groups is 1. The SMILES string of the molecule is CC(C)c1cccc(C(C)C)c1NC(=O)CN1C(=O)CN(c2ccccc2)C1=O. The van der Waals surface area contributed by atoms with Crippen LogP contribution in [0.1, 0.15) is 50.7 Å². The first-order valence-corrected chi connectivity index (χ1v) is 9.89. The van der Waals surface area contributed by atoms with Gasteiger partial charge in [0.15, 0.2) is 0 Å². The number of hydrogen-bond acceptors (Lipinski definition) is 3. The van der Waals surface area contributed by atoms with Crippen LogP contribution in [0.2, 0.25) is 0 Å². The molecule has 0 aliphatic carbocycles. The van der Waals surface area contributed by atoms with Crippen molar-refractivity contribution in [2.75, 3.05) is 23.3 Å². The molecular formula is C23H27N3O3. The third kappa shape index (κ3) is 4.31. The van der Waals surface area contributed by atoms with Crippen molar-refractivity contribution < 1.29 is 14.4 Å². The number of rotatable bonds is 6. The summed E-state index contributed by atoms with van der Waals surface area (Å²) in [5.74, 6) is -0.299. The van der Waals surface area contributed by atoms with Crippen LogP contribution in [0, 0.1) is 0 Å². The molecule has 0 saturated carbocycles. The van der Waals surface area contributed by atoms with Gasteiger partial charge in [-0.25, -0.2) is 4.79 Å². The van der Waals surface area contributed by atoms with Crippen LogP contribution in [0.3, 0.4) is 0 Å².